The van der Waals surface area contributed by atoms with E-state index < -0.39 is 23.8 Å². The third-order valence-corrected chi connectivity index (χ3v) is 10.4. The second-order valence-electron chi connectivity index (χ2n) is 9.69. The molecular weight excluding hydrogens is 412 g/mol. The zero-order chi connectivity index (χ0) is 21.0. The van der Waals surface area contributed by atoms with Crippen LogP contribution >= 0.6 is 23.1 Å². The van der Waals surface area contributed by atoms with Crippen LogP contribution in [0.1, 0.15) is 39.0 Å². The number of hydrogen-bond acceptors (Lipinski definition) is 6. The molecule has 3 heterocycles. The fraction of sp³-hybridized carbons (Fsp3) is 0.700. The minimum atomic E-state index is -1.12. The number of aliphatic carboxylic acids is 1. The van der Waals surface area contributed by atoms with Crippen molar-refractivity contribution >= 4 is 40.9 Å². The molecule has 1 aromatic heterocycles. The first-order valence-electron chi connectivity index (χ1n) is 10.1. The highest BCUT2D eigenvalue weighted by Gasteiger charge is 2.71. The zero-order valence-corrected chi connectivity index (χ0v) is 18.3. The molecule has 2 saturated carbocycles. The summed E-state index contributed by atoms with van der Waals surface area (Å²) >= 11 is 2.89. The second-order valence-corrected chi connectivity index (χ2v) is 11.9. The Hall–Kier alpha value is -1.61. The predicted molar refractivity (Wildman–Crippen MR) is 108 cm³/mol. The highest BCUT2D eigenvalue weighted by atomic mass is 32.2. The molecule has 2 aliphatic carbocycles. The van der Waals surface area contributed by atoms with Gasteiger partial charge in [0.2, 0.25) is 11.8 Å². The summed E-state index contributed by atoms with van der Waals surface area (Å²) in [5, 5.41) is 10.7. The minimum Gasteiger partial charge on any atom is -0.480 e. The molecule has 156 valence electrons. The lowest BCUT2D eigenvalue weighted by Crippen LogP contribution is -2.49. The number of carbonyl (C=O) groups excluding carboxylic acids is 2. The van der Waals surface area contributed by atoms with E-state index in [4.69, 9.17) is 0 Å². The van der Waals surface area contributed by atoms with Crippen LogP contribution in [0, 0.1) is 35.5 Å². The molecule has 2 amide bonds. The van der Waals surface area contributed by atoms with Crippen LogP contribution in [0.4, 0.5) is 0 Å². The average Bonchev–Trinajstić information content (AvgIpc) is 3.32. The van der Waals surface area contributed by atoms with E-state index in [-0.39, 0.29) is 51.0 Å². The van der Waals surface area contributed by atoms with Crippen molar-refractivity contribution in [3.63, 3.8) is 0 Å². The van der Waals surface area contributed by atoms with Gasteiger partial charge in [-0.15, -0.1) is 11.8 Å². The van der Waals surface area contributed by atoms with Crippen molar-refractivity contribution in [1.29, 1.82) is 0 Å². The largest absolute Gasteiger partial charge is 0.480 e. The quantitative estimate of drug-likeness (QED) is 0.703. The summed E-state index contributed by atoms with van der Waals surface area (Å²) in [6.07, 6.45) is 0.824. The standard InChI is InChI=1S/C20H24N2O5S2/c1-6(2)12(18(25)26)22-16(23)9-7-5-8(10(9)17(22)24)13-11(7)20(3,4)14-15(28-13)21-19(27)29-14/h6-13H,5H2,1-4H3,(H,21,27)(H,25,26)/t7-,8+,9+,10+,11-,12-,13-/m1/s1. The summed E-state index contributed by atoms with van der Waals surface area (Å²) in [4.78, 5) is 55.4. The smallest absolute Gasteiger partial charge is 0.327 e. The van der Waals surface area contributed by atoms with Gasteiger partial charge >= 0.3 is 10.8 Å². The molecule has 0 unspecified atom stereocenters. The van der Waals surface area contributed by atoms with Gasteiger partial charge < -0.3 is 10.1 Å². The average molecular weight is 437 g/mol. The molecule has 9 heteroatoms. The van der Waals surface area contributed by atoms with Gasteiger partial charge in [0.25, 0.3) is 0 Å². The normalized spacial score (nSPS) is 37.6. The van der Waals surface area contributed by atoms with Crippen molar-refractivity contribution in [2.45, 2.75) is 55.8 Å². The van der Waals surface area contributed by atoms with Crippen molar-refractivity contribution in [2.24, 2.45) is 35.5 Å². The van der Waals surface area contributed by atoms with Crippen molar-refractivity contribution in [3.05, 3.63) is 14.5 Å². The number of carbonyl (C=O) groups is 3. The zero-order valence-electron chi connectivity index (χ0n) is 16.7. The van der Waals surface area contributed by atoms with Crippen LogP contribution in [0.3, 0.4) is 0 Å². The fourth-order valence-electron chi connectivity index (χ4n) is 6.64. The van der Waals surface area contributed by atoms with Crippen LogP contribution in [0.25, 0.3) is 0 Å². The number of nitrogens with zero attached hydrogens (tertiary/aromatic N) is 1. The van der Waals surface area contributed by atoms with E-state index in [2.05, 4.69) is 18.8 Å². The highest BCUT2D eigenvalue weighted by Crippen LogP contribution is 2.69. The monoisotopic (exact) mass is 436 g/mol. The Labute approximate surface area is 176 Å². The second kappa shape index (κ2) is 5.97. The third kappa shape index (κ3) is 2.31. The van der Waals surface area contributed by atoms with Gasteiger partial charge in [-0.3, -0.25) is 19.3 Å². The molecule has 29 heavy (non-hydrogen) atoms. The summed E-state index contributed by atoms with van der Waals surface area (Å²) in [6, 6.07) is -1.11. The van der Waals surface area contributed by atoms with E-state index in [0.717, 1.165) is 21.2 Å². The number of aromatic amines is 1. The Balaban J connectivity index is 1.56. The summed E-state index contributed by atoms with van der Waals surface area (Å²) in [7, 11) is 0. The van der Waals surface area contributed by atoms with Gasteiger partial charge in [-0.2, -0.15) is 0 Å². The number of hydrogen-bond donors (Lipinski definition) is 2. The van der Waals surface area contributed by atoms with E-state index in [0.29, 0.717) is 0 Å². The summed E-state index contributed by atoms with van der Waals surface area (Å²) in [6.45, 7) is 7.73. The first kappa shape index (κ1) is 19.4. The third-order valence-electron chi connectivity index (χ3n) is 7.59. The Morgan fingerprint density at radius 2 is 1.79 bits per heavy atom. The van der Waals surface area contributed by atoms with Crippen molar-refractivity contribution < 1.29 is 19.5 Å². The molecule has 2 bridgehead atoms. The molecule has 7 atom stereocenters. The van der Waals surface area contributed by atoms with Gasteiger partial charge in [-0.1, -0.05) is 39.0 Å². The maximum atomic E-state index is 13.4. The molecule has 2 aliphatic heterocycles. The van der Waals surface area contributed by atoms with Crippen LogP contribution in [-0.4, -0.2) is 44.1 Å². The Bertz CT molecular complexity index is 995. The van der Waals surface area contributed by atoms with E-state index in [9.17, 15) is 24.3 Å². The topological polar surface area (TPSA) is 108 Å². The number of H-pyrrole nitrogens is 1. The maximum absolute atomic E-state index is 13.4. The molecule has 7 nitrogen and oxygen atoms in total. The van der Waals surface area contributed by atoms with Crippen LogP contribution in [0.5, 0.6) is 0 Å². The van der Waals surface area contributed by atoms with Crippen molar-refractivity contribution in [2.75, 3.05) is 0 Å². The number of imide groups is 1. The predicted octanol–water partition coefficient (Wildman–Crippen LogP) is 2.16. The molecule has 0 radical (unpaired) electrons. The number of rotatable bonds is 3. The summed E-state index contributed by atoms with van der Waals surface area (Å²) < 4.78 is 0. The number of carboxylic acids is 1. The molecule has 1 saturated heterocycles. The molecule has 1 aromatic rings. The molecule has 2 N–H and O–H groups in total. The molecule has 3 fully saturated rings. The SMILES string of the molecule is CC(C)[C@H](C(=O)O)N1C(=O)[C@H]2[C@@H]3C[C@H]([C@@H]2C1=O)[C@@H]1[C@@H]3Sc2[nH]c(=O)sc2C1(C)C. The molecule has 0 aromatic carbocycles. The van der Waals surface area contributed by atoms with Gasteiger partial charge in [0, 0.05) is 15.5 Å². The minimum absolute atomic E-state index is 0.0406. The maximum Gasteiger partial charge on any atom is 0.327 e. The van der Waals surface area contributed by atoms with E-state index >= 15 is 0 Å². The Morgan fingerprint density at radius 3 is 2.38 bits per heavy atom. The molecule has 0 spiro atoms. The number of nitrogens with one attached hydrogen (secondary N) is 1. The Morgan fingerprint density at radius 1 is 1.17 bits per heavy atom. The number of likely N-dealkylation sites (tertiary alicyclic amines) is 1. The summed E-state index contributed by atoms with van der Waals surface area (Å²) in [5.41, 5.74) is -0.263. The number of thiazole rings is 1. The lowest BCUT2D eigenvalue weighted by Gasteiger charge is -2.47. The van der Waals surface area contributed by atoms with Crippen LogP contribution in [0.15, 0.2) is 9.82 Å². The lowest BCUT2D eigenvalue weighted by atomic mass is 9.64. The van der Waals surface area contributed by atoms with E-state index in [1.165, 1.54) is 11.3 Å². The van der Waals surface area contributed by atoms with E-state index in [1.54, 1.807) is 25.6 Å². The van der Waals surface area contributed by atoms with Gasteiger partial charge in [-0.25, -0.2) is 4.79 Å². The van der Waals surface area contributed by atoms with Gasteiger partial charge in [0.1, 0.15) is 6.04 Å². The fourth-order valence-corrected chi connectivity index (χ4v) is 9.80. The molecular formula is C20H24N2O5S2. The van der Waals surface area contributed by atoms with Gasteiger partial charge in [0.15, 0.2) is 0 Å². The number of carboxylic acid groups (broad SMARTS) is 1. The first-order chi connectivity index (χ1) is 13.6. The van der Waals surface area contributed by atoms with Gasteiger partial charge in [0.05, 0.1) is 16.9 Å². The van der Waals surface area contributed by atoms with Crippen molar-refractivity contribution in [1.82, 2.24) is 9.88 Å². The lowest BCUT2D eigenvalue weighted by molar-refractivity contribution is -0.157. The van der Waals surface area contributed by atoms with Crippen molar-refractivity contribution in [3.8, 4) is 0 Å². The molecule has 5 rings (SSSR count). The Kier molecular flexibility index (Phi) is 3.98. The van der Waals surface area contributed by atoms with Crippen LogP contribution < -0.4 is 4.87 Å². The summed E-state index contributed by atoms with van der Waals surface area (Å²) in [5.74, 6) is -2.66. The number of fused-ring (bicyclic) bond motifs is 9. The van der Waals surface area contributed by atoms with Crippen LogP contribution in [-0.2, 0) is 19.8 Å². The number of thioether (sulfide) groups is 1. The highest BCUT2D eigenvalue weighted by molar-refractivity contribution is 8.00. The van der Waals surface area contributed by atoms with Crippen LogP contribution in [0.2, 0.25) is 0 Å². The van der Waals surface area contributed by atoms with E-state index in [1.807, 2.05) is 0 Å². The number of amides is 2. The van der Waals surface area contributed by atoms with Gasteiger partial charge in [-0.05, 0) is 30.1 Å². The number of aromatic nitrogens is 1. The first-order valence-corrected chi connectivity index (χ1v) is 11.7. The molecule has 4 aliphatic rings.